The molecule has 5 nitrogen and oxygen atoms in total. The van der Waals surface area contributed by atoms with Crippen molar-refractivity contribution in [3.63, 3.8) is 0 Å². The SMILES string of the molecule is COc1ccc(C2(CNC(=O)C(C)C(C)N)CCOCC2)cc1. The first kappa shape index (κ1) is 17.8. The minimum atomic E-state index is -0.192. The average molecular weight is 320 g/mol. The topological polar surface area (TPSA) is 73.6 Å². The Bertz CT molecular complexity index is 508. The fourth-order valence-corrected chi connectivity index (χ4v) is 2.93. The molecule has 1 aliphatic heterocycles. The lowest BCUT2D eigenvalue weighted by Gasteiger charge is -2.38. The standard InChI is InChI=1S/C18H28N2O3/c1-13(14(2)19)17(21)20-12-18(8-10-23-11-9-18)15-4-6-16(22-3)7-5-15/h4-7,13-14H,8-12,19H2,1-3H3,(H,20,21). The Balaban J connectivity index is 2.13. The van der Waals surface area contributed by atoms with Gasteiger partial charge in [0, 0.05) is 37.1 Å². The molecule has 1 amide bonds. The number of hydrogen-bond acceptors (Lipinski definition) is 4. The predicted octanol–water partition coefficient (Wildman–Crippen LogP) is 1.84. The number of rotatable bonds is 6. The van der Waals surface area contributed by atoms with Crippen LogP contribution in [-0.2, 0) is 14.9 Å². The molecule has 1 aromatic rings. The van der Waals surface area contributed by atoms with E-state index in [0.717, 1.165) is 18.6 Å². The third kappa shape index (κ3) is 4.24. The van der Waals surface area contributed by atoms with E-state index in [1.54, 1.807) is 7.11 Å². The number of carbonyl (C=O) groups is 1. The molecule has 0 aliphatic carbocycles. The molecule has 128 valence electrons. The summed E-state index contributed by atoms with van der Waals surface area (Å²) in [6, 6.07) is 7.97. The Morgan fingerprint density at radius 3 is 2.43 bits per heavy atom. The Hall–Kier alpha value is -1.59. The summed E-state index contributed by atoms with van der Waals surface area (Å²) < 4.78 is 10.8. The molecule has 1 aromatic carbocycles. The Labute approximate surface area is 138 Å². The molecule has 0 spiro atoms. The van der Waals surface area contributed by atoms with Crippen LogP contribution in [-0.4, -0.2) is 38.8 Å². The van der Waals surface area contributed by atoms with Gasteiger partial charge in [-0.1, -0.05) is 19.1 Å². The molecule has 0 aromatic heterocycles. The van der Waals surface area contributed by atoms with E-state index in [1.165, 1.54) is 5.56 Å². The fourth-order valence-electron chi connectivity index (χ4n) is 2.93. The average Bonchev–Trinajstić information content (AvgIpc) is 2.59. The van der Waals surface area contributed by atoms with Crippen molar-refractivity contribution in [2.75, 3.05) is 26.9 Å². The summed E-state index contributed by atoms with van der Waals surface area (Å²) in [4.78, 5) is 12.3. The summed E-state index contributed by atoms with van der Waals surface area (Å²) in [5.41, 5.74) is 6.96. The molecular weight excluding hydrogens is 292 g/mol. The van der Waals surface area contributed by atoms with Crippen LogP contribution in [0.2, 0.25) is 0 Å². The van der Waals surface area contributed by atoms with Crippen LogP contribution in [0.25, 0.3) is 0 Å². The first-order valence-electron chi connectivity index (χ1n) is 8.24. The quantitative estimate of drug-likeness (QED) is 0.839. The van der Waals surface area contributed by atoms with Gasteiger partial charge in [-0.3, -0.25) is 4.79 Å². The van der Waals surface area contributed by atoms with Crippen LogP contribution in [0.4, 0.5) is 0 Å². The molecule has 2 rings (SSSR count). The Morgan fingerprint density at radius 2 is 1.91 bits per heavy atom. The molecule has 23 heavy (non-hydrogen) atoms. The summed E-state index contributed by atoms with van der Waals surface area (Å²) in [6.45, 7) is 5.76. The number of amides is 1. The van der Waals surface area contributed by atoms with Crippen molar-refractivity contribution >= 4 is 5.91 Å². The van der Waals surface area contributed by atoms with Crippen LogP contribution in [0, 0.1) is 5.92 Å². The van der Waals surface area contributed by atoms with Crippen LogP contribution in [0.3, 0.4) is 0 Å². The van der Waals surface area contributed by atoms with E-state index in [1.807, 2.05) is 26.0 Å². The van der Waals surface area contributed by atoms with E-state index in [4.69, 9.17) is 15.2 Å². The van der Waals surface area contributed by atoms with Gasteiger partial charge < -0.3 is 20.5 Å². The Morgan fingerprint density at radius 1 is 1.30 bits per heavy atom. The largest absolute Gasteiger partial charge is 0.497 e. The van der Waals surface area contributed by atoms with Crippen LogP contribution in [0.5, 0.6) is 5.75 Å². The summed E-state index contributed by atoms with van der Waals surface area (Å²) in [6.07, 6.45) is 1.79. The molecule has 2 atom stereocenters. The molecule has 2 unspecified atom stereocenters. The second-order valence-electron chi connectivity index (χ2n) is 6.49. The number of nitrogens with one attached hydrogen (secondary N) is 1. The van der Waals surface area contributed by atoms with Crippen LogP contribution in [0.15, 0.2) is 24.3 Å². The summed E-state index contributed by atoms with van der Waals surface area (Å²) >= 11 is 0. The molecule has 1 fully saturated rings. The molecule has 1 saturated heterocycles. The second-order valence-corrected chi connectivity index (χ2v) is 6.49. The molecule has 1 heterocycles. The highest BCUT2D eigenvalue weighted by Gasteiger charge is 2.35. The summed E-state index contributed by atoms with van der Waals surface area (Å²) in [5.74, 6) is 0.660. The van der Waals surface area contributed by atoms with E-state index in [0.29, 0.717) is 19.8 Å². The van der Waals surface area contributed by atoms with Gasteiger partial charge in [-0.05, 0) is 37.5 Å². The van der Waals surface area contributed by atoms with E-state index >= 15 is 0 Å². The third-order valence-electron chi connectivity index (χ3n) is 4.96. The lowest BCUT2D eigenvalue weighted by Crippen LogP contribution is -2.47. The summed E-state index contributed by atoms with van der Waals surface area (Å²) in [7, 11) is 1.66. The molecule has 0 bridgehead atoms. The van der Waals surface area contributed by atoms with Crippen LogP contribution in [0.1, 0.15) is 32.3 Å². The highest BCUT2D eigenvalue weighted by Crippen LogP contribution is 2.35. The van der Waals surface area contributed by atoms with Crippen molar-refractivity contribution in [2.24, 2.45) is 11.7 Å². The summed E-state index contributed by atoms with van der Waals surface area (Å²) in [5, 5.41) is 3.10. The van der Waals surface area contributed by atoms with Gasteiger partial charge in [0.2, 0.25) is 5.91 Å². The molecule has 0 radical (unpaired) electrons. The highest BCUT2D eigenvalue weighted by molar-refractivity contribution is 5.79. The first-order valence-corrected chi connectivity index (χ1v) is 8.24. The van der Waals surface area contributed by atoms with Crippen molar-refractivity contribution in [2.45, 2.75) is 38.1 Å². The van der Waals surface area contributed by atoms with Gasteiger partial charge in [0.15, 0.2) is 0 Å². The number of methoxy groups -OCH3 is 1. The monoisotopic (exact) mass is 320 g/mol. The first-order chi connectivity index (χ1) is 11.0. The number of hydrogen-bond donors (Lipinski definition) is 2. The molecular formula is C18H28N2O3. The minimum absolute atomic E-state index is 0.0133. The van der Waals surface area contributed by atoms with Gasteiger partial charge in [0.05, 0.1) is 7.11 Å². The van der Waals surface area contributed by atoms with Crippen LogP contribution < -0.4 is 15.8 Å². The second kappa shape index (κ2) is 7.79. The lowest BCUT2D eigenvalue weighted by molar-refractivity contribution is -0.125. The van der Waals surface area contributed by atoms with Crippen molar-refractivity contribution < 1.29 is 14.3 Å². The number of carbonyl (C=O) groups excluding carboxylic acids is 1. The molecule has 0 saturated carbocycles. The number of nitrogens with two attached hydrogens (primary N) is 1. The van der Waals surface area contributed by atoms with E-state index in [2.05, 4.69) is 17.4 Å². The zero-order chi connectivity index (χ0) is 16.9. The maximum atomic E-state index is 12.3. The number of benzene rings is 1. The van der Waals surface area contributed by atoms with Crippen molar-refractivity contribution in [1.29, 1.82) is 0 Å². The van der Waals surface area contributed by atoms with Gasteiger partial charge in [0.1, 0.15) is 5.75 Å². The zero-order valence-electron chi connectivity index (χ0n) is 14.3. The maximum absolute atomic E-state index is 12.3. The number of ether oxygens (including phenoxy) is 2. The predicted molar refractivity (Wildman–Crippen MR) is 90.5 cm³/mol. The molecule has 3 N–H and O–H groups in total. The van der Waals surface area contributed by atoms with Crippen molar-refractivity contribution in [3.05, 3.63) is 29.8 Å². The van der Waals surface area contributed by atoms with Crippen molar-refractivity contribution in [3.8, 4) is 5.75 Å². The zero-order valence-corrected chi connectivity index (χ0v) is 14.3. The van der Waals surface area contributed by atoms with Crippen molar-refractivity contribution in [1.82, 2.24) is 5.32 Å². The van der Waals surface area contributed by atoms with Gasteiger partial charge in [0.25, 0.3) is 0 Å². The smallest absolute Gasteiger partial charge is 0.224 e. The van der Waals surface area contributed by atoms with Gasteiger partial charge in [-0.15, -0.1) is 0 Å². The third-order valence-corrected chi connectivity index (χ3v) is 4.96. The normalized spacial score (nSPS) is 19.7. The van der Waals surface area contributed by atoms with Gasteiger partial charge in [-0.2, -0.15) is 0 Å². The maximum Gasteiger partial charge on any atom is 0.224 e. The molecule has 5 heteroatoms. The fraction of sp³-hybridized carbons (Fsp3) is 0.611. The van der Waals surface area contributed by atoms with Gasteiger partial charge in [-0.25, -0.2) is 0 Å². The lowest BCUT2D eigenvalue weighted by atomic mass is 9.74. The highest BCUT2D eigenvalue weighted by atomic mass is 16.5. The van der Waals surface area contributed by atoms with E-state index < -0.39 is 0 Å². The van der Waals surface area contributed by atoms with Crippen LogP contribution >= 0.6 is 0 Å². The van der Waals surface area contributed by atoms with E-state index in [-0.39, 0.29) is 23.3 Å². The molecule has 1 aliphatic rings. The minimum Gasteiger partial charge on any atom is -0.497 e. The van der Waals surface area contributed by atoms with E-state index in [9.17, 15) is 4.79 Å². The Kier molecular flexibility index (Phi) is 6.02. The van der Waals surface area contributed by atoms with Gasteiger partial charge >= 0.3 is 0 Å².